The van der Waals surface area contributed by atoms with Gasteiger partial charge in [0.05, 0.1) is 10.6 Å². The third-order valence-electron chi connectivity index (χ3n) is 4.74. The minimum atomic E-state index is -0.477. The largest absolute Gasteiger partial charge is 0.338 e. The second kappa shape index (κ2) is 6.16. The van der Waals surface area contributed by atoms with E-state index < -0.39 is 5.66 Å². The molecule has 2 saturated heterocycles. The number of para-hydroxylation sites is 1. The lowest BCUT2D eigenvalue weighted by atomic mass is 9.98. The van der Waals surface area contributed by atoms with E-state index in [2.05, 4.69) is 10.7 Å². The fourth-order valence-corrected chi connectivity index (χ4v) is 4.18. The standard InChI is InChI=1S/C18H20N4O2S/c1-13-7-8-15(25-13)16(23)21-11-9-18(10-12-21)19-17(24)22(20-18)14-5-3-2-4-6-14/h2-8,20H,9-12H2,1H3,(H,19,24). The van der Waals surface area contributed by atoms with Crippen molar-refractivity contribution in [1.82, 2.24) is 15.6 Å². The van der Waals surface area contributed by atoms with E-state index >= 15 is 0 Å². The number of piperidine rings is 1. The summed E-state index contributed by atoms with van der Waals surface area (Å²) in [4.78, 5) is 28.7. The summed E-state index contributed by atoms with van der Waals surface area (Å²) >= 11 is 1.53. The normalized spacial score (nSPS) is 19.3. The van der Waals surface area contributed by atoms with Crippen LogP contribution in [0, 0.1) is 6.92 Å². The van der Waals surface area contributed by atoms with Gasteiger partial charge in [-0.1, -0.05) is 18.2 Å². The number of aryl methyl sites for hydroxylation is 1. The maximum absolute atomic E-state index is 12.6. The molecule has 25 heavy (non-hydrogen) atoms. The molecule has 6 nitrogen and oxygen atoms in total. The summed E-state index contributed by atoms with van der Waals surface area (Å²) in [6.45, 7) is 3.24. The maximum Gasteiger partial charge on any atom is 0.338 e. The zero-order valence-electron chi connectivity index (χ0n) is 14.0. The van der Waals surface area contributed by atoms with Crippen molar-refractivity contribution in [3.63, 3.8) is 0 Å². The van der Waals surface area contributed by atoms with Crippen molar-refractivity contribution in [3.8, 4) is 0 Å². The lowest BCUT2D eigenvalue weighted by Crippen LogP contribution is -2.58. The van der Waals surface area contributed by atoms with E-state index in [1.54, 1.807) is 5.01 Å². The molecule has 2 aromatic rings. The predicted molar refractivity (Wildman–Crippen MR) is 97.5 cm³/mol. The Morgan fingerprint density at radius 1 is 1.12 bits per heavy atom. The highest BCUT2D eigenvalue weighted by Gasteiger charge is 2.45. The number of thiophene rings is 1. The van der Waals surface area contributed by atoms with Gasteiger partial charge in [0.1, 0.15) is 5.66 Å². The van der Waals surface area contributed by atoms with Crippen LogP contribution in [0.15, 0.2) is 42.5 Å². The van der Waals surface area contributed by atoms with Crippen LogP contribution in [0.2, 0.25) is 0 Å². The quantitative estimate of drug-likeness (QED) is 0.870. The molecule has 4 rings (SSSR count). The Kier molecular flexibility index (Phi) is 3.97. The van der Waals surface area contributed by atoms with Crippen molar-refractivity contribution in [1.29, 1.82) is 0 Å². The number of nitrogens with one attached hydrogen (secondary N) is 2. The van der Waals surface area contributed by atoms with E-state index in [0.717, 1.165) is 15.4 Å². The molecular weight excluding hydrogens is 336 g/mol. The summed E-state index contributed by atoms with van der Waals surface area (Å²) in [6, 6.07) is 13.2. The number of amides is 3. The lowest BCUT2D eigenvalue weighted by Gasteiger charge is -2.38. The predicted octanol–water partition coefficient (Wildman–Crippen LogP) is 2.72. The van der Waals surface area contributed by atoms with Crippen LogP contribution in [-0.2, 0) is 0 Å². The third kappa shape index (κ3) is 3.01. The van der Waals surface area contributed by atoms with Gasteiger partial charge in [-0.15, -0.1) is 11.3 Å². The summed E-state index contributed by atoms with van der Waals surface area (Å²) < 4.78 is 0. The van der Waals surface area contributed by atoms with Crippen molar-refractivity contribution in [2.45, 2.75) is 25.4 Å². The number of benzene rings is 1. The van der Waals surface area contributed by atoms with Crippen molar-refractivity contribution < 1.29 is 9.59 Å². The minimum Gasteiger partial charge on any atom is -0.338 e. The molecule has 2 N–H and O–H groups in total. The molecule has 0 unspecified atom stereocenters. The van der Waals surface area contributed by atoms with Crippen LogP contribution in [0.5, 0.6) is 0 Å². The first-order chi connectivity index (χ1) is 12.1. The number of hydrazine groups is 1. The number of rotatable bonds is 2. The number of hydrogen-bond donors (Lipinski definition) is 2. The summed E-state index contributed by atoms with van der Waals surface area (Å²) in [7, 11) is 0. The van der Waals surface area contributed by atoms with Gasteiger partial charge in [0.25, 0.3) is 5.91 Å². The molecule has 0 radical (unpaired) electrons. The first-order valence-corrected chi connectivity index (χ1v) is 9.19. The highest BCUT2D eigenvalue weighted by molar-refractivity contribution is 7.13. The Balaban J connectivity index is 1.43. The first kappa shape index (κ1) is 16.1. The van der Waals surface area contributed by atoms with Crippen LogP contribution >= 0.6 is 11.3 Å². The number of likely N-dealkylation sites (tertiary alicyclic amines) is 1. The Labute approximate surface area is 150 Å². The van der Waals surface area contributed by atoms with Crippen molar-refractivity contribution in [3.05, 3.63) is 52.2 Å². The number of anilines is 1. The number of hydrogen-bond acceptors (Lipinski definition) is 4. The van der Waals surface area contributed by atoms with Gasteiger partial charge in [-0.05, 0) is 31.2 Å². The maximum atomic E-state index is 12.6. The molecule has 1 spiro atoms. The van der Waals surface area contributed by atoms with E-state index in [1.807, 2.05) is 54.3 Å². The molecule has 0 bridgehead atoms. The van der Waals surface area contributed by atoms with E-state index in [9.17, 15) is 9.59 Å². The van der Waals surface area contributed by atoms with Crippen LogP contribution < -0.4 is 15.8 Å². The van der Waals surface area contributed by atoms with Crippen molar-refractivity contribution >= 4 is 29.0 Å². The second-order valence-corrected chi connectivity index (χ2v) is 7.79. The van der Waals surface area contributed by atoms with Crippen LogP contribution in [0.25, 0.3) is 0 Å². The average Bonchev–Trinajstić information content (AvgIpc) is 3.20. The van der Waals surface area contributed by atoms with E-state index in [4.69, 9.17) is 0 Å². The topological polar surface area (TPSA) is 64.7 Å². The third-order valence-corrected chi connectivity index (χ3v) is 5.73. The van der Waals surface area contributed by atoms with Crippen LogP contribution in [0.1, 0.15) is 27.4 Å². The van der Waals surface area contributed by atoms with Crippen LogP contribution in [0.3, 0.4) is 0 Å². The Bertz CT molecular complexity index is 796. The van der Waals surface area contributed by atoms with Crippen molar-refractivity contribution in [2.75, 3.05) is 18.1 Å². The summed E-state index contributed by atoms with van der Waals surface area (Å²) in [5.74, 6) is 0.0807. The fourth-order valence-electron chi connectivity index (χ4n) is 3.35. The number of carbonyl (C=O) groups is 2. The first-order valence-electron chi connectivity index (χ1n) is 8.37. The average molecular weight is 356 g/mol. The Hall–Kier alpha value is -2.38. The molecule has 3 amide bonds. The summed E-state index contributed by atoms with van der Waals surface area (Å²) in [5, 5.41) is 4.62. The van der Waals surface area contributed by atoms with Gasteiger partial charge in [-0.2, -0.15) is 0 Å². The van der Waals surface area contributed by atoms with Gasteiger partial charge in [0, 0.05) is 30.8 Å². The number of nitrogens with zero attached hydrogens (tertiary/aromatic N) is 2. The highest BCUT2D eigenvalue weighted by Crippen LogP contribution is 2.28. The molecular formula is C18H20N4O2S. The molecule has 3 heterocycles. The fraction of sp³-hybridized carbons (Fsp3) is 0.333. The SMILES string of the molecule is Cc1ccc(C(=O)N2CCC3(CC2)NC(=O)N(c2ccccc2)N3)s1. The van der Waals surface area contributed by atoms with E-state index in [0.29, 0.717) is 25.9 Å². The van der Waals surface area contributed by atoms with Gasteiger partial charge < -0.3 is 10.2 Å². The molecule has 0 atom stereocenters. The highest BCUT2D eigenvalue weighted by atomic mass is 32.1. The van der Waals surface area contributed by atoms with E-state index in [1.165, 1.54) is 11.3 Å². The Morgan fingerprint density at radius 3 is 2.48 bits per heavy atom. The lowest BCUT2D eigenvalue weighted by molar-refractivity contribution is 0.0645. The van der Waals surface area contributed by atoms with Gasteiger partial charge in [-0.25, -0.2) is 15.2 Å². The Morgan fingerprint density at radius 2 is 1.84 bits per heavy atom. The van der Waals surface area contributed by atoms with Crippen LogP contribution in [-0.4, -0.2) is 35.6 Å². The van der Waals surface area contributed by atoms with Gasteiger partial charge in [-0.3, -0.25) is 4.79 Å². The summed E-state index contributed by atoms with van der Waals surface area (Å²) in [6.07, 6.45) is 1.36. The molecule has 2 fully saturated rings. The van der Waals surface area contributed by atoms with Gasteiger partial charge in [0.15, 0.2) is 0 Å². The van der Waals surface area contributed by atoms with Gasteiger partial charge >= 0.3 is 6.03 Å². The molecule has 2 aliphatic heterocycles. The molecule has 0 aliphatic carbocycles. The van der Waals surface area contributed by atoms with Gasteiger partial charge in [0.2, 0.25) is 0 Å². The van der Waals surface area contributed by atoms with Crippen LogP contribution in [0.4, 0.5) is 10.5 Å². The minimum absolute atomic E-state index is 0.0807. The number of urea groups is 1. The number of carbonyl (C=O) groups excluding carboxylic acids is 2. The molecule has 0 saturated carbocycles. The molecule has 7 heteroatoms. The smallest absolute Gasteiger partial charge is 0.338 e. The molecule has 1 aromatic carbocycles. The van der Waals surface area contributed by atoms with Crippen molar-refractivity contribution in [2.24, 2.45) is 0 Å². The zero-order chi connectivity index (χ0) is 17.4. The second-order valence-electron chi connectivity index (χ2n) is 6.50. The molecule has 1 aromatic heterocycles. The zero-order valence-corrected chi connectivity index (χ0v) is 14.8. The monoisotopic (exact) mass is 356 g/mol. The molecule has 2 aliphatic rings. The summed E-state index contributed by atoms with van der Waals surface area (Å²) in [5.41, 5.74) is 3.65. The molecule has 130 valence electrons. The van der Waals surface area contributed by atoms with E-state index in [-0.39, 0.29) is 11.9 Å².